The number of carbonyl (C=O) groups is 2. The zero-order chi connectivity index (χ0) is 10.4. The molecule has 78 valence electrons. The Morgan fingerprint density at radius 2 is 1.27 bits per heavy atom. The minimum absolute atomic E-state index is 0. The van der Waals surface area contributed by atoms with E-state index in [2.05, 4.69) is 9.78 Å². The molecule has 1 aliphatic carbocycles. The molecule has 0 spiro atoms. The van der Waals surface area contributed by atoms with Gasteiger partial charge in [-0.05, 0) is 25.7 Å². The Morgan fingerprint density at radius 3 is 1.47 bits per heavy atom. The predicted molar refractivity (Wildman–Crippen MR) is 41.9 cm³/mol. The molecule has 1 saturated carbocycles. The molecule has 0 aromatic carbocycles. The van der Waals surface area contributed by atoms with E-state index < -0.39 is 23.1 Å². The third-order valence-corrected chi connectivity index (χ3v) is 2.95. The Balaban J connectivity index is 0.00000112. The van der Waals surface area contributed by atoms with Crippen LogP contribution < -0.4 is 10.2 Å². The van der Waals surface area contributed by atoms with Crippen LogP contribution in [0, 0.1) is 0 Å². The van der Waals surface area contributed by atoms with Crippen LogP contribution in [0.1, 0.15) is 25.7 Å². The number of aliphatic carboxylic acids is 2. The van der Waals surface area contributed by atoms with Crippen molar-refractivity contribution in [1.82, 2.24) is 0 Å². The summed E-state index contributed by atoms with van der Waals surface area (Å²) in [6.45, 7) is 0. The molecular formula is C8H8MgO6. The van der Waals surface area contributed by atoms with Gasteiger partial charge in [-0.3, -0.25) is 0 Å². The molecule has 1 saturated heterocycles. The van der Waals surface area contributed by atoms with Crippen molar-refractivity contribution in [2.24, 2.45) is 0 Å². The largest absolute Gasteiger partial charge is 2.00 e. The van der Waals surface area contributed by atoms with Crippen LogP contribution in [-0.4, -0.2) is 46.2 Å². The van der Waals surface area contributed by atoms with Gasteiger partial charge in [0.25, 0.3) is 0 Å². The summed E-state index contributed by atoms with van der Waals surface area (Å²) in [5.41, 5.74) is -3.69. The second-order valence-electron chi connectivity index (χ2n) is 3.60. The molecular weight excluding hydrogens is 216 g/mol. The van der Waals surface area contributed by atoms with Crippen molar-refractivity contribution >= 4 is 35.0 Å². The fraction of sp³-hybridized carbons (Fsp3) is 0.750. The van der Waals surface area contributed by atoms with Crippen molar-refractivity contribution in [3.05, 3.63) is 0 Å². The topological polar surface area (TPSA) is 98.7 Å². The second-order valence-corrected chi connectivity index (χ2v) is 3.60. The van der Waals surface area contributed by atoms with E-state index in [-0.39, 0.29) is 35.9 Å². The molecule has 2 unspecified atom stereocenters. The maximum absolute atomic E-state index is 10.8. The molecule has 0 aromatic heterocycles. The third-order valence-electron chi connectivity index (χ3n) is 2.95. The molecule has 1 heterocycles. The number of rotatable bonds is 2. The van der Waals surface area contributed by atoms with E-state index in [0.717, 1.165) is 0 Å². The molecule has 0 bridgehead atoms. The van der Waals surface area contributed by atoms with Crippen LogP contribution in [0.3, 0.4) is 0 Å². The van der Waals surface area contributed by atoms with Crippen molar-refractivity contribution < 1.29 is 29.6 Å². The fourth-order valence-corrected chi connectivity index (χ4v) is 2.08. The molecule has 6 nitrogen and oxygen atoms in total. The van der Waals surface area contributed by atoms with E-state index >= 15 is 0 Å². The summed E-state index contributed by atoms with van der Waals surface area (Å²) in [7, 11) is 0. The first-order valence-electron chi connectivity index (χ1n) is 4.35. The Labute approximate surface area is 102 Å². The van der Waals surface area contributed by atoms with E-state index in [1.165, 1.54) is 0 Å². The number of fused-ring (bicyclic) bond motifs is 1. The number of hydrogen-bond acceptors (Lipinski definition) is 6. The van der Waals surface area contributed by atoms with Gasteiger partial charge in [-0.2, -0.15) is 0 Å². The van der Waals surface area contributed by atoms with Gasteiger partial charge < -0.3 is 19.8 Å². The SMILES string of the molecule is O=C([O-])C12CCCCC1(C(=O)[O-])OO2.[Mg+2]. The van der Waals surface area contributed by atoms with Gasteiger partial charge in [0, 0.05) is 0 Å². The van der Waals surface area contributed by atoms with Gasteiger partial charge in [0.1, 0.15) is 0 Å². The summed E-state index contributed by atoms with van der Waals surface area (Å²) in [5.74, 6) is -3.10. The van der Waals surface area contributed by atoms with Crippen molar-refractivity contribution in [2.75, 3.05) is 0 Å². The minimum Gasteiger partial charge on any atom is -0.547 e. The molecule has 2 aliphatic rings. The first-order valence-corrected chi connectivity index (χ1v) is 4.35. The van der Waals surface area contributed by atoms with Crippen LogP contribution in [0.15, 0.2) is 0 Å². The molecule has 2 atom stereocenters. The zero-order valence-corrected chi connectivity index (χ0v) is 9.40. The molecule has 1 aliphatic heterocycles. The van der Waals surface area contributed by atoms with Crippen LogP contribution in [-0.2, 0) is 19.4 Å². The quantitative estimate of drug-likeness (QED) is 0.369. The van der Waals surface area contributed by atoms with E-state index in [4.69, 9.17) is 0 Å². The van der Waals surface area contributed by atoms with E-state index in [1.54, 1.807) is 0 Å². The summed E-state index contributed by atoms with van der Waals surface area (Å²) < 4.78 is 0. The van der Waals surface area contributed by atoms with Gasteiger partial charge in [-0.15, -0.1) is 0 Å². The number of carbonyl (C=O) groups excluding carboxylic acids is 2. The van der Waals surface area contributed by atoms with Gasteiger partial charge in [0.15, 0.2) is 11.2 Å². The van der Waals surface area contributed by atoms with Gasteiger partial charge in [-0.1, -0.05) is 0 Å². The summed E-state index contributed by atoms with van der Waals surface area (Å²) in [4.78, 5) is 30.6. The van der Waals surface area contributed by atoms with Crippen LogP contribution in [0.4, 0.5) is 0 Å². The number of carboxylic acid groups (broad SMARTS) is 2. The molecule has 0 radical (unpaired) electrons. The van der Waals surface area contributed by atoms with Gasteiger partial charge in [-0.25, -0.2) is 9.78 Å². The molecule has 15 heavy (non-hydrogen) atoms. The maximum Gasteiger partial charge on any atom is 2.00 e. The molecule has 2 rings (SSSR count). The molecule has 0 amide bonds. The number of hydrogen-bond donors (Lipinski definition) is 0. The van der Waals surface area contributed by atoms with Crippen molar-refractivity contribution in [3.63, 3.8) is 0 Å². The monoisotopic (exact) mass is 224 g/mol. The number of carboxylic acids is 2. The first-order chi connectivity index (χ1) is 6.55. The molecule has 2 fully saturated rings. The van der Waals surface area contributed by atoms with E-state index in [1.807, 2.05) is 0 Å². The molecule has 7 heteroatoms. The zero-order valence-electron chi connectivity index (χ0n) is 7.99. The maximum atomic E-state index is 10.8. The standard InChI is InChI=1S/C8H10O6.Mg/c9-5(10)7-3-1-2-4-8(7,6(11)12)14-13-7;/h1-4H2,(H,9,10)(H,11,12);/q;+2/p-2. The fourth-order valence-electron chi connectivity index (χ4n) is 2.08. The van der Waals surface area contributed by atoms with Crippen LogP contribution >= 0.6 is 0 Å². The van der Waals surface area contributed by atoms with Gasteiger partial charge in [0.05, 0.1) is 11.9 Å². The summed E-state index contributed by atoms with van der Waals surface area (Å²) >= 11 is 0. The Hall–Kier alpha value is -0.374. The van der Waals surface area contributed by atoms with Crippen molar-refractivity contribution in [1.29, 1.82) is 0 Å². The average molecular weight is 224 g/mol. The molecule has 0 aromatic rings. The Bertz CT molecular complexity index is 276. The second kappa shape index (κ2) is 3.89. The predicted octanol–water partition coefficient (Wildman–Crippen LogP) is -2.88. The molecule has 0 N–H and O–H groups in total. The minimum atomic E-state index is -1.84. The van der Waals surface area contributed by atoms with Crippen molar-refractivity contribution in [3.8, 4) is 0 Å². The van der Waals surface area contributed by atoms with Crippen LogP contribution in [0.25, 0.3) is 0 Å². The van der Waals surface area contributed by atoms with E-state index in [0.29, 0.717) is 12.8 Å². The van der Waals surface area contributed by atoms with Crippen molar-refractivity contribution in [2.45, 2.75) is 36.9 Å². The van der Waals surface area contributed by atoms with Crippen LogP contribution in [0.2, 0.25) is 0 Å². The first kappa shape index (κ1) is 12.7. The van der Waals surface area contributed by atoms with E-state index in [9.17, 15) is 19.8 Å². The Kier molecular flexibility index (Phi) is 3.29. The summed E-state index contributed by atoms with van der Waals surface area (Å²) in [6.07, 6.45) is 1.32. The normalized spacial score (nSPS) is 38.1. The third kappa shape index (κ3) is 1.37. The average Bonchev–Trinajstić information content (AvgIpc) is 2.06. The smallest absolute Gasteiger partial charge is 0.547 e. The summed E-state index contributed by atoms with van der Waals surface area (Å²) in [5, 5.41) is 21.7. The summed E-state index contributed by atoms with van der Waals surface area (Å²) in [6, 6.07) is 0. The van der Waals surface area contributed by atoms with Gasteiger partial charge >= 0.3 is 23.1 Å². The van der Waals surface area contributed by atoms with Crippen LogP contribution in [0.5, 0.6) is 0 Å². The van der Waals surface area contributed by atoms with Gasteiger partial charge in [0.2, 0.25) is 0 Å². The Morgan fingerprint density at radius 1 is 0.933 bits per heavy atom.